The predicted octanol–water partition coefficient (Wildman–Crippen LogP) is 3.23. The first kappa shape index (κ1) is 19.8. The smallest absolute Gasteiger partial charge is 0.194 e. The molecule has 24 heavy (non-hydrogen) atoms. The summed E-state index contributed by atoms with van der Waals surface area (Å²) < 4.78 is 0.458. The summed E-state index contributed by atoms with van der Waals surface area (Å²) in [6.07, 6.45) is 8.70. The molecule has 1 saturated heterocycles. The van der Waals surface area contributed by atoms with Crippen molar-refractivity contribution in [2.75, 3.05) is 25.9 Å². The molecular formula is C17H28IN5S. The molecule has 1 aromatic rings. The minimum absolute atomic E-state index is 0. The summed E-state index contributed by atoms with van der Waals surface area (Å²) in [5.74, 6) is 3.02. The van der Waals surface area contributed by atoms with Crippen molar-refractivity contribution in [1.82, 2.24) is 20.2 Å². The van der Waals surface area contributed by atoms with E-state index in [9.17, 15) is 0 Å². The lowest BCUT2D eigenvalue weighted by Gasteiger charge is -2.45. The molecule has 5 nitrogen and oxygen atoms in total. The molecular weight excluding hydrogens is 433 g/mol. The third-order valence-corrected chi connectivity index (χ3v) is 6.32. The second kappa shape index (κ2) is 9.22. The largest absolute Gasteiger partial charge is 0.351 e. The van der Waals surface area contributed by atoms with Gasteiger partial charge in [-0.3, -0.25) is 4.99 Å². The second-order valence-corrected chi connectivity index (χ2v) is 8.07. The van der Waals surface area contributed by atoms with Gasteiger partial charge in [0.2, 0.25) is 0 Å². The van der Waals surface area contributed by atoms with Crippen LogP contribution in [0.25, 0.3) is 0 Å². The molecule has 3 rings (SSSR count). The highest BCUT2D eigenvalue weighted by Crippen LogP contribution is 2.42. The van der Waals surface area contributed by atoms with Crippen molar-refractivity contribution >= 4 is 41.7 Å². The fraction of sp³-hybridized carbons (Fsp3) is 0.706. The zero-order valence-corrected chi connectivity index (χ0v) is 17.8. The SMILES string of the molecule is CN=C(NCc1ccnc(C)n1)N1CCSC2(CCCCC2)C1.I. The third-order valence-electron chi connectivity index (χ3n) is 4.79. The average molecular weight is 461 g/mol. The Bertz CT molecular complexity index is 554. The van der Waals surface area contributed by atoms with Gasteiger partial charge in [-0.2, -0.15) is 11.8 Å². The van der Waals surface area contributed by atoms with Crippen LogP contribution >= 0.6 is 35.7 Å². The van der Waals surface area contributed by atoms with Crippen LogP contribution in [-0.2, 0) is 6.54 Å². The van der Waals surface area contributed by atoms with E-state index in [1.807, 2.05) is 26.2 Å². The number of aliphatic imine (C=N–C) groups is 1. The molecule has 0 bridgehead atoms. The van der Waals surface area contributed by atoms with Crippen LogP contribution in [0.15, 0.2) is 17.3 Å². The number of guanidine groups is 1. The lowest BCUT2D eigenvalue weighted by atomic mass is 9.87. The number of rotatable bonds is 2. The van der Waals surface area contributed by atoms with Gasteiger partial charge < -0.3 is 10.2 Å². The summed E-state index contributed by atoms with van der Waals surface area (Å²) in [5, 5.41) is 3.48. The van der Waals surface area contributed by atoms with Gasteiger partial charge in [0.1, 0.15) is 5.82 Å². The molecule has 2 heterocycles. The first-order valence-electron chi connectivity index (χ1n) is 8.59. The van der Waals surface area contributed by atoms with Crippen molar-refractivity contribution < 1.29 is 0 Å². The van der Waals surface area contributed by atoms with E-state index in [4.69, 9.17) is 0 Å². The second-order valence-electron chi connectivity index (χ2n) is 6.51. The molecule has 0 aromatic carbocycles. The average Bonchev–Trinajstić information content (AvgIpc) is 2.56. The van der Waals surface area contributed by atoms with Crippen molar-refractivity contribution in [2.45, 2.75) is 50.3 Å². The third kappa shape index (κ3) is 4.97. The first-order chi connectivity index (χ1) is 11.2. The standard InChI is InChI=1S/C17H27N5S.HI/c1-14-19-9-6-15(21-14)12-20-16(18-2)22-10-11-23-17(13-22)7-4-3-5-8-17;/h6,9H,3-5,7-8,10-13H2,1-2H3,(H,18,20);1H. The summed E-state index contributed by atoms with van der Waals surface area (Å²) >= 11 is 2.19. The molecule has 0 unspecified atom stereocenters. The summed E-state index contributed by atoms with van der Waals surface area (Å²) in [7, 11) is 1.88. The Morgan fingerprint density at radius 1 is 1.38 bits per heavy atom. The first-order valence-corrected chi connectivity index (χ1v) is 9.57. The van der Waals surface area contributed by atoms with Gasteiger partial charge in [0.25, 0.3) is 0 Å². The molecule has 134 valence electrons. The molecule has 7 heteroatoms. The fourth-order valence-corrected chi connectivity index (χ4v) is 5.20. The van der Waals surface area contributed by atoms with E-state index in [2.05, 4.69) is 36.9 Å². The monoisotopic (exact) mass is 461 g/mol. The zero-order valence-electron chi connectivity index (χ0n) is 14.6. The lowest BCUT2D eigenvalue weighted by molar-refractivity contribution is 0.293. The van der Waals surface area contributed by atoms with Crippen LogP contribution in [0.5, 0.6) is 0 Å². The number of hydrogen-bond acceptors (Lipinski definition) is 4. The van der Waals surface area contributed by atoms with Crippen LogP contribution in [0, 0.1) is 6.92 Å². The van der Waals surface area contributed by atoms with Crippen LogP contribution in [0.4, 0.5) is 0 Å². The van der Waals surface area contributed by atoms with Crippen molar-refractivity contribution in [3.05, 3.63) is 23.8 Å². The summed E-state index contributed by atoms with van der Waals surface area (Å²) in [6.45, 7) is 4.83. The predicted molar refractivity (Wildman–Crippen MR) is 112 cm³/mol. The van der Waals surface area contributed by atoms with E-state index in [0.717, 1.165) is 30.6 Å². The Balaban J connectivity index is 0.00000208. The van der Waals surface area contributed by atoms with E-state index in [-0.39, 0.29) is 24.0 Å². The summed E-state index contributed by atoms with van der Waals surface area (Å²) in [4.78, 5) is 15.6. The molecule has 1 saturated carbocycles. The van der Waals surface area contributed by atoms with Gasteiger partial charge in [-0.25, -0.2) is 9.97 Å². The maximum absolute atomic E-state index is 4.51. The Kier molecular flexibility index (Phi) is 7.59. The van der Waals surface area contributed by atoms with Crippen LogP contribution < -0.4 is 5.32 Å². The molecule has 1 N–H and O–H groups in total. The van der Waals surface area contributed by atoms with E-state index < -0.39 is 0 Å². The number of aryl methyl sites for hydroxylation is 1. The molecule has 1 aliphatic carbocycles. The van der Waals surface area contributed by atoms with Crippen LogP contribution in [-0.4, -0.2) is 51.5 Å². The molecule has 1 aromatic heterocycles. The Morgan fingerprint density at radius 3 is 2.88 bits per heavy atom. The number of thioether (sulfide) groups is 1. The highest BCUT2D eigenvalue weighted by Gasteiger charge is 2.38. The maximum Gasteiger partial charge on any atom is 0.194 e. The van der Waals surface area contributed by atoms with Crippen molar-refractivity contribution in [1.29, 1.82) is 0 Å². The normalized spacial score (nSPS) is 20.6. The molecule has 1 aliphatic heterocycles. The van der Waals surface area contributed by atoms with Gasteiger partial charge >= 0.3 is 0 Å². The van der Waals surface area contributed by atoms with Crippen molar-refractivity contribution in [3.63, 3.8) is 0 Å². The Labute approximate surface area is 166 Å². The highest BCUT2D eigenvalue weighted by molar-refractivity contribution is 14.0. The van der Waals surface area contributed by atoms with Gasteiger partial charge in [-0.1, -0.05) is 19.3 Å². The number of nitrogens with zero attached hydrogens (tertiary/aromatic N) is 4. The quantitative estimate of drug-likeness (QED) is 0.417. The van der Waals surface area contributed by atoms with Gasteiger partial charge in [0.05, 0.1) is 12.2 Å². The number of aromatic nitrogens is 2. The molecule has 0 radical (unpaired) electrons. The molecule has 2 fully saturated rings. The Hall–Kier alpha value is -0.570. The van der Waals surface area contributed by atoms with Crippen molar-refractivity contribution in [3.8, 4) is 0 Å². The number of nitrogens with one attached hydrogen (secondary N) is 1. The lowest BCUT2D eigenvalue weighted by Crippen LogP contribution is -2.53. The van der Waals surface area contributed by atoms with E-state index in [0.29, 0.717) is 11.3 Å². The van der Waals surface area contributed by atoms with E-state index in [1.54, 1.807) is 0 Å². The van der Waals surface area contributed by atoms with E-state index >= 15 is 0 Å². The highest BCUT2D eigenvalue weighted by atomic mass is 127. The molecule has 0 amide bonds. The fourth-order valence-electron chi connectivity index (χ4n) is 3.63. The van der Waals surface area contributed by atoms with Gasteiger partial charge in [-0.15, -0.1) is 24.0 Å². The van der Waals surface area contributed by atoms with Gasteiger partial charge in [0, 0.05) is 36.8 Å². The maximum atomic E-state index is 4.51. The number of halogens is 1. The molecule has 2 aliphatic rings. The zero-order chi connectivity index (χ0) is 16.1. The summed E-state index contributed by atoms with van der Waals surface area (Å²) in [6, 6.07) is 1.96. The van der Waals surface area contributed by atoms with Crippen molar-refractivity contribution in [2.24, 2.45) is 4.99 Å². The Morgan fingerprint density at radius 2 is 2.17 bits per heavy atom. The molecule has 0 atom stereocenters. The van der Waals surface area contributed by atoms with Gasteiger partial charge in [0.15, 0.2) is 5.96 Å². The topological polar surface area (TPSA) is 53.4 Å². The van der Waals surface area contributed by atoms with Crippen LogP contribution in [0.3, 0.4) is 0 Å². The summed E-state index contributed by atoms with van der Waals surface area (Å²) in [5.41, 5.74) is 1.01. The minimum atomic E-state index is 0. The van der Waals surface area contributed by atoms with Gasteiger partial charge in [-0.05, 0) is 25.8 Å². The van der Waals surface area contributed by atoms with E-state index in [1.165, 1.54) is 37.9 Å². The van der Waals surface area contributed by atoms with Crippen LogP contribution in [0.1, 0.15) is 43.6 Å². The molecule has 1 spiro atoms. The minimum Gasteiger partial charge on any atom is -0.351 e. The number of hydrogen-bond donors (Lipinski definition) is 1. The van der Waals surface area contributed by atoms with Crippen LogP contribution in [0.2, 0.25) is 0 Å².